The van der Waals surface area contributed by atoms with Crippen LogP contribution in [0.4, 0.5) is 5.69 Å². The molecular formula is C26H35N3O. The van der Waals surface area contributed by atoms with Crippen molar-refractivity contribution >= 4 is 11.6 Å². The summed E-state index contributed by atoms with van der Waals surface area (Å²) in [6, 6.07) is 10.3. The van der Waals surface area contributed by atoms with Crippen LogP contribution in [0, 0.1) is 34.5 Å². The molecule has 1 atom stereocenters. The molecule has 0 radical (unpaired) electrons. The van der Waals surface area contributed by atoms with Crippen LogP contribution in [-0.2, 0) is 10.2 Å². The van der Waals surface area contributed by atoms with Gasteiger partial charge < -0.3 is 10.6 Å². The fraction of sp³-hybridized carbons (Fsp3) is 0.615. The molecule has 4 fully saturated rings. The number of nitrogens with one attached hydrogen (secondary N) is 2. The zero-order chi connectivity index (χ0) is 21.5. The molecule has 5 rings (SSSR count). The minimum absolute atomic E-state index is 0.0283. The number of anilines is 1. The number of para-hydroxylation sites is 1. The van der Waals surface area contributed by atoms with Crippen LogP contribution in [0.2, 0.25) is 0 Å². The highest BCUT2D eigenvalue weighted by Crippen LogP contribution is 2.61. The number of carbonyl (C=O) groups excluding carboxylic acids is 1. The largest absolute Gasteiger partial charge is 0.360 e. The van der Waals surface area contributed by atoms with E-state index in [2.05, 4.69) is 50.5 Å². The first-order valence-corrected chi connectivity index (χ1v) is 11.5. The Bertz CT molecular complexity index is 851. The molecule has 0 spiro atoms. The zero-order valence-corrected chi connectivity index (χ0v) is 18.8. The van der Waals surface area contributed by atoms with Crippen LogP contribution in [0.3, 0.4) is 0 Å². The summed E-state index contributed by atoms with van der Waals surface area (Å²) in [6.07, 6.45) is 9.45. The van der Waals surface area contributed by atoms with Crippen molar-refractivity contribution in [3.63, 3.8) is 0 Å². The Morgan fingerprint density at radius 1 is 1.13 bits per heavy atom. The standard InChI is InChI=1S/C26H35N3O/c1-17(26-12-18-9-19(13-26)11-20(10-18)14-26)29-24(30)21(15-27)16-28-23-8-6-5-7-22(23)25(2,3)4/h5-8,16-20,28H,9-14H2,1-4H3,(H,29,30)/b21-16-. The molecule has 4 nitrogen and oxygen atoms in total. The Morgan fingerprint density at radius 2 is 1.70 bits per heavy atom. The fourth-order valence-corrected chi connectivity index (χ4v) is 6.70. The first-order valence-electron chi connectivity index (χ1n) is 11.5. The normalized spacial score (nSPS) is 31.2. The quantitative estimate of drug-likeness (QED) is 0.500. The highest BCUT2D eigenvalue weighted by Gasteiger charge is 2.53. The molecule has 4 saturated carbocycles. The van der Waals surface area contributed by atoms with E-state index in [1.165, 1.54) is 38.5 Å². The minimum atomic E-state index is -0.263. The minimum Gasteiger partial charge on any atom is -0.360 e. The number of benzene rings is 1. The van der Waals surface area contributed by atoms with Gasteiger partial charge >= 0.3 is 0 Å². The lowest BCUT2D eigenvalue weighted by atomic mass is 9.48. The highest BCUT2D eigenvalue weighted by atomic mass is 16.1. The summed E-state index contributed by atoms with van der Waals surface area (Å²) in [6.45, 7) is 8.62. The average Bonchev–Trinajstić information content (AvgIpc) is 2.67. The molecule has 4 bridgehead atoms. The van der Waals surface area contributed by atoms with Gasteiger partial charge in [0.1, 0.15) is 11.6 Å². The van der Waals surface area contributed by atoms with E-state index >= 15 is 0 Å². The molecule has 0 aromatic heterocycles. The van der Waals surface area contributed by atoms with E-state index in [0.717, 1.165) is 29.0 Å². The van der Waals surface area contributed by atoms with Crippen LogP contribution in [-0.4, -0.2) is 11.9 Å². The fourth-order valence-electron chi connectivity index (χ4n) is 6.70. The molecule has 1 amide bonds. The molecule has 4 aliphatic carbocycles. The second-order valence-electron chi connectivity index (χ2n) is 11.1. The molecule has 160 valence electrons. The molecule has 30 heavy (non-hydrogen) atoms. The Morgan fingerprint density at radius 3 is 2.23 bits per heavy atom. The smallest absolute Gasteiger partial charge is 0.263 e. The van der Waals surface area contributed by atoms with Crippen LogP contribution < -0.4 is 10.6 Å². The predicted octanol–water partition coefficient (Wildman–Crippen LogP) is 5.52. The predicted molar refractivity (Wildman–Crippen MR) is 121 cm³/mol. The lowest BCUT2D eigenvalue weighted by molar-refractivity contribution is -0.122. The van der Waals surface area contributed by atoms with Gasteiger partial charge in [0.2, 0.25) is 0 Å². The molecule has 0 aliphatic heterocycles. The molecule has 4 aliphatic rings. The Hall–Kier alpha value is -2.28. The maximum atomic E-state index is 12.9. The summed E-state index contributed by atoms with van der Waals surface area (Å²) in [5, 5.41) is 16.0. The third-order valence-electron chi connectivity index (χ3n) is 7.82. The van der Waals surface area contributed by atoms with Crippen molar-refractivity contribution < 1.29 is 4.79 Å². The van der Waals surface area contributed by atoms with Gasteiger partial charge in [0.05, 0.1) is 0 Å². The van der Waals surface area contributed by atoms with Gasteiger partial charge in [-0.05, 0) is 85.7 Å². The third kappa shape index (κ3) is 4.00. The number of nitriles is 1. The number of hydrogen-bond acceptors (Lipinski definition) is 3. The third-order valence-corrected chi connectivity index (χ3v) is 7.82. The lowest BCUT2D eigenvalue weighted by Gasteiger charge is -2.59. The molecular weight excluding hydrogens is 370 g/mol. The summed E-state index contributed by atoms with van der Waals surface area (Å²) >= 11 is 0. The molecule has 1 aromatic carbocycles. The lowest BCUT2D eigenvalue weighted by Crippen LogP contribution is -2.56. The Labute approximate surface area is 181 Å². The summed E-state index contributed by atoms with van der Waals surface area (Å²) in [5.41, 5.74) is 2.42. The summed E-state index contributed by atoms with van der Waals surface area (Å²) in [5.74, 6) is 2.27. The second-order valence-corrected chi connectivity index (χ2v) is 11.1. The van der Waals surface area contributed by atoms with Crippen LogP contribution in [0.15, 0.2) is 36.0 Å². The van der Waals surface area contributed by atoms with Gasteiger partial charge in [-0.3, -0.25) is 4.79 Å². The van der Waals surface area contributed by atoms with Crippen molar-refractivity contribution in [3.8, 4) is 6.07 Å². The van der Waals surface area contributed by atoms with Gasteiger partial charge in [0.15, 0.2) is 0 Å². The molecule has 4 heteroatoms. The maximum absolute atomic E-state index is 12.9. The van der Waals surface area contributed by atoms with E-state index < -0.39 is 0 Å². The highest BCUT2D eigenvalue weighted by molar-refractivity contribution is 5.97. The van der Waals surface area contributed by atoms with Crippen LogP contribution >= 0.6 is 0 Å². The topological polar surface area (TPSA) is 64.9 Å². The average molecular weight is 406 g/mol. The monoisotopic (exact) mass is 405 g/mol. The van der Waals surface area contributed by atoms with Gasteiger partial charge in [-0.2, -0.15) is 5.26 Å². The molecule has 2 N–H and O–H groups in total. The van der Waals surface area contributed by atoms with Crippen molar-refractivity contribution in [1.29, 1.82) is 5.26 Å². The van der Waals surface area contributed by atoms with Crippen molar-refractivity contribution in [1.82, 2.24) is 5.32 Å². The summed E-state index contributed by atoms with van der Waals surface area (Å²) in [4.78, 5) is 12.9. The van der Waals surface area contributed by atoms with E-state index in [1.807, 2.05) is 18.2 Å². The van der Waals surface area contributed by atoms with Crippen molar-refractivity contribution in [3.05, 3.63) is 41.6 Å². The van der Waals surface area contributed by atoms with E-state index in [9.17, 15) is 10.1 Å². The number of carbonyl (C=O) groups is 1. The first-order chi connectivity index (χ1) is 14.2. The van der Waals surface area contributed by atoms with Crippen LogP contribution in [0.25, 0.3) is 0 Å². The summed E-state index contributed by atoms with van der Waals surface area (Å²) in [7, 11) is 0. The Kier molecular flexibility index (Phi) is 5.43. The molecule has 0 saturated heterocycles. The zero-order valence-electron chi connectivity index (χ0n) is 18.8. The molecule has 0 heterocycles. The van der Waals surface area contributed by atoms with Gasteiger partial charge in [-0.25, -0.2) is 0 Å². The van der Waals surface area contributed by atoms with Gasteiger partial charge in [-0.15, -0.1) is 0 Å². The first kappa shape index (κ1) is 21.0. The number of amides is 1. The van der Waals surface area contributed by atoms with Crippen LogP contribution in [0.1, 0.15) is 71.8 Å². The van der Waals surface area contributed by atoms with Gasteiger partial charge in [0, 0.05) is 17.9 Å². The van der Waals surface area contributed by atoms with Gasteiger partial charge in [-0.1, -0.05) is 39.0 Å². The van der Waals surface area contributed by atoms with E-state index in [-0.39, 0.29) is 28.4 Å². The van der Waals surface area contributed by atoms with E-state index in [0.29, 0.717) is 0 Å². The number of nitrogens with zero attached hydrogens (tertiary/aromatic N) is 1. The number of rotatable bonds is 5. The van der Waals surface area contributed by atoms with E-state index in [4.69, 9.17) is 0 Å². The van der Waals surface area contributed by atoms with E-state index in [1.54, 1.807) is 6.20 Å². The maximum Gasteiger partial charge on any atom is 0.263 e. The Balaban J connectivity index is 1.46. The SMILES string of the molecule is CC(NC(=O)/C(C#N)=C\Nc1ccccc1C(C)(C)C)C12CC3CC(CC(C3)C1)C2. The van der Waals surface area contributed by atoms with Crippen molar-refractivity contribution in [2.75, 3.05) is 5.32 Å². The molecule has 1 unspecified atom stereocenters. The second kappa shape index (κ2) is 7.76. The summed E-state index contributed by atoms with van der Waals surface area (Å²) < 4.78 is 0. The van der Waals surface area contributed by atoms with Crippen molar-refractivity contribution in [2.45, 2.75) is 77.7 Å². The number of hydrogen-bond donors (Lipinski definition) is 2. The van der Waals surface area contributed by atoms with Gasteiger partial charge in [0.25, 0.3) is 5.91 Å². The van der Waals surface area contributed by atoms with Crippen LogP contribution in [0.5, 0.6) is 0 Å². The molecule has 1 aromatic rings. The van der Waals surface area contributed by atoms with Crippen molar-refractivity contribution in [2.24, 2.45) is 23.2 Å².